The fourth-order valence-corrected chi connectivity index (χ4v) is 3.60. The number of alkyl halides is 3. The molecule has 0 amide bonds. The number of benzene rings is 1. The van der Waals surface area contributed by atoms with Crippen molar-refractivity contribution in [3.8, 4) is 0 Å². The Morgan fingerprint density at radius 2 is 1.90 bits per heavy atom. The summed E-state index contributed by atoms with van der Waals surface area (Å²) in [6, 6.07) is 12.6. The topological polar surface area (TPSA) is 42.7 Å². The Bertz CT molecular complexity index is 966. The summed E-state index contributed by atoms with van der Waals surface area (Å²) < 4.78 is 40.0. The molecule has 0 atom stereocenters. The maximum Gasteiger partial charge on any atom is 0.417 e. The molecule has 0 unspecified atom stereocenters. The molecule has 150 valence electrons. The third-order valence-corrected chi connectivity index (χ3v) is 5.12. The van der Waals surface area contributed by atoms with E-state index in [9.17, 15) is 13.2 Å². The van der Waals surface area contributed by atoms with Crippen molar-refractivity contribution in [2.75, 3.05) is 5.32 Å². The molecule has 1 aliphatic carbocycles. The Balaban J connectivity index is 1.40. The van der Waals surface area contributed by atoms with Crippen molar-refractivity contribution in [3.63, 3.8) is 0 Å². The van der Waals surface area contributed by atoms with Gasteiger partial charge in [0.25, 0.3) is 0 Å². The average Bonchev–Trinajstić information content (AvgIpc) is 3.23. The van der Waals surface area contributed by atoms with E-state index in [1.807, 2.05) is 47.4 Å². The normalized spacial score (nSPS) is 17.2. The van der Waals surface area contributed by atoms with Crippen LogP contribution in [-0.4, -0.2) is 14.8 Å². The van der Waals surface area contributed by atoms with Crippen LogP contribution in [0.3, 0.4) is 0 Å². The molecule has 0 bridgehead atoms. The minimum atomic E-state index is -4.38. The minimum Gasteiger partial charge on any atom is -0.340 e. The van der Waals surface area contributed by atoms with Gasteiger partial charge < -0.3 is 5.32 Å². The lowest BCUT2D eigenvalue weighted by atomic mass is 9.89. The Morgan fingerprint density at radius 3 is 2.55 bits per heavy atom. The first kappa shape index (κ1) is 19.2. The second-order valence-electron chi connectivity index (χ2n) is 7.20. The molecule has 0 radical (unpaired) electrons. The van der Waals surface area contributed by atoms with Gasteiger partial charge >= 0.3 is 6.18 Å². The number of nitrogens with zero attached hydrogens (tertiary/aromatic N) is 3. The third-order valence-electron chi connectivity index (χ3n) is 5.12. The summed E-state index contributed by atoms with van der Waals surface area (Å²) in [5.41, 5.74) is 2.50. The van der Waals surface area contributed by atoms with Crippen molar-refractivity contribution in [2.24, 2.45) is 0 Å². The Morgan fingerprint density at radius 1 is 1.07 bits per heavy atom. The van der Waals surface area contributed by atoms with Crippen LogP contribution in [0.5, 0.6) is 0 Å². The summed E-state index contributed by atoms with van der Waals surface area (Å²) in [4.78, 5) is 3.86. The van der Waals surface area contributed by atoms with Crippen LogP contribution in [0.1, 0.15) is 42.9 Å². The Kier molecular flexibility index (Phi) is 5.38. The number of allylic oxidation sites excluding steroid dienone is 1. The van der Waals surface area contributed by atoms with E-state index in [2.05, 4.69) is 21.5 Å². The van der Waals surface area contributed by atoms with Crippen LogP contribution in [0.4, 0.5) is 24.7 Å². The van der Waals surface area contributed by atoms with Crippen molar-refractivity contribution in [1.29, 1.82) is 0 Å². The highest BCUT2D eigenvalue weighted by Crippen LogP contribution is 2.33. The summed E-state index contributed by atoms with van der Waals surface area (Å²) >= 11 is 0. The van der Waals surface area contributed by atoms with E-state index in [4.69, 9.17) is 0 Å². The van der Waals surface area contributed by atoms with Gasteiger partial charge in [-0.3, -0.25) is 4.68 Å². The predicted octanol–water partition coefficient (Wildman–Crippen LogP) is 6.24. The largest absolute Gasteiger partial charge is 0.417 e. The van der Waals surface area contributed by atoms with Crippen LogP contribution >= 0.6 is 0 Å². The van der Waals surface area contributed by atoms with Crippen LogP contribution in [-0.2, 0) is 6.18 Å². The molecule has 3 aromatic rings. The second kappa shape index (κ2) is 8.11. The van der Waals surface area contributed by atoms with Gasteiger partial charge in [0.1, 0.15) is 5.82 Å². The molecule has 1 aliphatic rings. The average molecular weight is 398 g/mol. The number of nitrogens with one attached hydrogen (secondary N) is 1. The van der Waals surface area contributed by atoms with Gasteiger partial charge in [0, 0.05) is 24.3 Å². The fraction of sp³-hybridized carbons (Fsp3) is 0.273. The van der Waals surface area contributed by atoms with Gasteiger partial charge in [-0.1, -0.05) is 23.8 Å². The number of halogens is 3. The van der Waals surface area contributed by atoms with Gasteiger partial charge in [-0.15, -0.1) is 0 Å². The summed E-state index contributed by atoms with van der Waals surface area (Å²) in [6.07, 6.45) is 6.69. The molecule has 1 saturated carbocycles. The molecule has 2 aromatic heterocycles. The molecule has 0 spiro atoms. The van der Waals surface area contributed by atoms with Crippen molar-refractivity contribution in [1.82, 2.24) is 14.8 Å². The highest BCUT2D eigenvalue weighted by atomic mass is 19.4. The zero-order valence-electron chi connectivity index (χ0n) is 15.7. The van der Waals surface area contributed by atoms with E-state index in [0.29, 0.717) is 11.9 Å². The molecule has 1 fully saturated rings. The van der Waals surface area contributed by atoms with Gasteiger partial charge in [-0.2, -0.15) is 18.3 Å². The monoisotopic (exact) mass is 398 g/mol. The van der Waals surface area contributed by atoms with Crippen LogP contribution in [0.25, 0.3) is 6.08 Å². The van der Waals surface area contributed by atoms with E-state index >= 15 is 0 Å². The minimum absolute atomic E-state index is 0.377. The van der Waals surface area contributed by atoms with Crippen LogP contribution in [0.2, 0.25) is 0 Å². The van der Waals surface area contributed by atoms with Crippen molar-refractivity contribution >= 4 is 17.6 Å². The highest BCUT2D eigenvalue weighted by molar-refractivity contribution is 5.63. The smallest absolute Gasteiger partial charge is 0.340 e. The lowest BCUT2D eigenvalue weighted by molar-refractivity contribution is -0.137. The molecular formula is C22H21F3N4. The van der Waals surface area contributed by atoms with Gasteiger partial charge in [-0.25, -0.2) is 4.98 Å². The van der Waals surface area contributed by atoms with Crippen LogP contribution in [0, 0.1) is 0 Å². The first-order valence-corrected chi connectivity index (χ1v) is 9.56. The van der Waals surface area contributed by atoms with Gasteiger partial charge in [0.05, 0.1) is 11.6 Å². The first-order valence-electron chi connectivity index (χ1n) is 9.56. The molecular weight excluding hydrogens is 377 g/mol. The molecule has 7 heteroatoms. The van der Waals surface area contributed by atoms with Gasteiger partial charge in [0.15, 0.2) is 0 Å². The number of pyridine rings is 1. The number of anilines is 2. The van der Waals surface area contributed by atoms with E-state index in [1.165, 1.54) is 11.6 Å². The maximum atomic E-state index is 12.7. The molecule has 2 heterocycles. The lowest BCUT2D eigenvalue weighted by Crippen LogP contribution is -2.14. The predicted molar refractivity (Wildman–Crippen MR) is 107 cm³/mol. The SMILES string of the molecule is FC(F)(F)c1ccc(Nc2cccc(C=C3CCC(n4cccn4)CC3)c2)nc1. The summed E-state index contributed by atoms with van der Waals surface area (Å²) in [5.74, 6) is 0.377. The third kappa shape index (κ3) is 4.85. The molecule has 4 rings (SSSR count). The fourth-order valence-electron chi connectivity index (χ4n) is 3.60. The van der Waals surface area contributed by atoms with Crippen molar-refractivity contribution in [3.05, 3.63) is 77.8 Å². The number of aromatic nitrogens is 3. The second-order valence-corrected chi connectivity index (χ2v) is 7.20. The zero-order chi connectivity index (χ0) is 20.3. The van der Waals surface area contributed by atoms with Crippen LogP contribution < -0.4 is 5.32 Å². The summed E-state index contributed by atoms with van der Waals surface area (Å²) in [6.45, 7) is 0. The molecule has 0 saturated heterocycles. The van der Waals surface area contributed by atoms with Gasteiger partial charge in [-0.05, 0) is 61.6 Å². The van der Waals surface area contributed by atoms with E-state index < -0.39 is 11.7 Å². The lowest BCUT2D eigenvalue weighted by Gasteiger charge is -2.24. The summed E-state index contributed by atoms with van der Waals surface area (Å²) in [7, 11) is 0. The molecule has 1 aromatic carbocycles. The van der Waals surface area contributed by atoms with E-state index in [1.54, 1.807) is 0 Å². The maximum absolute atomic E-state index is 12.7. The molecule has 29 heavy (non-hydrogen) atoms. The molecule has 4 nitrogen and oxygen atoms in total. The van der Waals surface area contributed by atoms with E-state index in [-0.39, 0.29) is 0 Å². The standard InChI is InChI=1S/C22H21F3N4/c23-22(24,25)18-7-10-21(26-15-18)28-19-4-1-3-17(14-19)13-16-5-8-20(9-6-16)29-12-2-11-27-29/h1-4,7,10-15,20H,5-6,8-9H2,(H,26,28). The van der Waals surface area contributed by atoms with Gasteiger partial charge in [0.2, 0.25) is 0 Å². The molecule has 1 N–H and O–H groups in total. The quantitative estimate of drug-likeness (QED) is 0.566. The first-order chi connectivity index (χ1) is 14.0. The van der Waals surface area contributed by atoms with Crippen molar-refractivity contribution < 1.29 is 13.2 Å². The van der Waals surface area contributed by atoms with E-state index in [0.717, 1.165) is 49.2 Å². The highest BCUT2D eigenvalue weighted by Gasteiger charge is 2.30. The molecule has 0 aliphatic heterocycles. The number of hydrogen-bond donors (Lipinski definition) is 1. The number of hydrogen-bond acceptors (Lipinski definition) is 3. The Hall–Kier alpha value is -3.09. The summed E-state index contributed by atoms with van der Waals surface area (Å²) in [5, 5.41) is 7.41. The Labute approximate surface area is 167 Å². The zero-order valence-corrected chi connectivity index (χ0v) is 15.7. The number of rotatable bonds is 4. The van der Waals surface area contributed by atoms with Crippen molar-refractivity contribution in [2.45, 2.75) is 37.9 Å². The van der Waals surface area contributed by atoms with Crippen LogP contribution in [0.15, 0.2) is 66.6 Å².